The molecular weight excluding hydrogens is 536 g/mol. The maximum atomic E-state index is 14.3. The van der Waals surface area contributed by atoms with E-state index in [-0.39, 0.29) is 30.8 Å². The first-order valence-corrected chi connectivity index (χ1v) is 13.8. The largest absolute Gasteiger partial charge is 0.461 e. The van der Waals surface area contributed by atoms with Crippen LogP contribution in [0, 0.1) is 22.7 Å². The van der Waals surface area contributed by atoms with Gasteiger partial charge in [0.1, 0.15) is 36.6 Å². The Hall–Kier alpha value is -2.67. The van der Waals surface area contributed by atoms with Crippen LogP contribution < -0.4 is 0 Å². The number of ketones is 1. The van der Waals surface area contributed by atoms with E-state index in [1.165, 1.54) is 27.7 Å². The zero-order valence-corrected chi connectivity index (χ0v) is 23.7. The minimum atomic E-state index is -2.58. The van der Waals surface area contributed by atoms with Crippen LogP contribution in [0.1, 0.15) is 46.6 Å². The molecule has 1 aromatic carbocycles. The highest BCUT2D eigenvalue weighted by Gasteiger charge is 2.79. The lowest BCUT2D eigenvalue weighted by molar-refractivity contribution is -0.343. The van der Waals surface area contributed by atoms with Gasteiger partial charge in [0, 0.05) is 24.7 Å². The first-order chi connectivity index (χ1) is 19.1. The smallest absolute Gasteiger partial charge is 0.312 e. The SMILES string of the molecule is CC(=O)O[C@@]12CO[C@@H]1C[C@H](O)[C@@]1(C)C(=O)[C@H](O)C3=C(C)[C@@H](O)[C@H](O)[C@@](O)([C@@H](C(=O)OCc4ccccc4)[C@H]21)C3(C)C. The van der Waals surface area contributed by atoms with Gasteiger partial charge in [0.2, 0.25) is 0 Å². The van der Waals surface area contributed by atoms with Crippen molar-refractivity contribution in [3.05, 3.63) is 47.0 Å². The molecule has 5 N–H and O–H groups in total. The zero-order valence-electron chi connectivity index (χ0n) is 23.7. The Morgan fingerprint density at radius 3 is 2.27 bits per heavy atom. The molecule has 0 radical (unpaired) electrons. The number of aliphatic hydroxyl groups excluding tert-OH is 4. The number of ether oxygens (including phenoxy) is 3. The molecule has 2 bridgehead atoms. The zero-order chi connectivity index (χ0) is 30.3. The second-order valence-corrected chi connectivity index (χ2v) is 12.6. The highest BCUT2D eigenvalue weighted by atomic mass is 16.6. The van der Waals surface area contributed by atoms with Crippen LogP contribution in [-0.2, 0) is 35.2 Å². The maximum Gasteiger partial charge on any atom is 0.312 e. The summed E-state index contributed by atoms with van der Waals surface area (Å²) in [6.45, 7) is 6.37. The third-order valence-corrected chi connectivity index (χ3v) is 10.3. The van der Waals surface area contributed by atoms with E-state index in [0.717, 1.165) is 6.92 Å². The van der Waals surface area contributed by atoms with Crippen LogP contribution in [-0.4, -0.2) is 91.6 Å². The van der Waals surface area contributed by atoms with Crippen molar-refractivity contribution >= 4 is 17.7 Å². The predicted molar refractivity (Wildman–Crippen MR) is 141 cm³/mol. The number of carbonyl (C=O) groups is 3. The van der Waals surface area contributed by atoms with Gasteiger partial charge in [-0.05, 0) is 30.6 Å². The molecule has 3 fully saturated rings. The lowest BCUT2D eigenvalue weighted by Gasteiger charge is -2.68. The van der Waals surface area contributed by atoms with E-state index in [0.29, 0.717) is 5.56 Å². The van der Waals surface area contributed by atoms with E-state index in [4.69, 9.17) is 14.2 Å². The van der Waals surface area contributed by atoms with E-state index in [9.17, 15) is 39.9 Å². The molecule has 11 heteroatoms. The van der Waals surface area contributed by atoms with Gasteiger partial charge in [-0.2, -0.15) is 0 Å². The molecular formula is C30H38O11. The molecule has 10 atom stereocenters. The third kappa shape index (κ3) is 3.83. The van der Waals surface area contributed by atoms with Crippen LogP contribution in [0.25, 0.3) is 0 Å². The van der Waals surface area contributed by atoms with Gasteiger partial charge < -0.3 is 39.7 Å². The summed E-state index contributed by atoms with van der Waals surface area (Å²) < 4.78 is 17.2. The molecule has 1 heterocycles. The number of hydrogen-bond donors (Lipinski definition) is 5. The second-order valence-electron chi connectivity index (χ2n) is 12.6. The van der Waals surface area contributed by atoms with Crippen molar-refractivity contribution in [3.63, 3.8) is 0 Å². The van der Waals surface area contributed by atoms with Crippen LogP contribution in [0.15, 0.2) is 41.5 Å². The quantitative estimate of drug-likeness (QED) is 0.245. The molecule has 4 aliphatic rings. The molecule has 1 saturated heterocycles. The molecule has 1 aromatic rings. The normalized spacial score (nSPS) is 43.1. The number of esters is 2. The Morgan fingerprint density at radius 2 is 1.71 bits per heavy atom. The molecule has 1 aliphatic heterocycles. The summed E-state index contributed by atoms with van der Waals surface area (Å²) in [6, 6.07) is 8.72. The molecule has 0 spiro atoms. The Balaban J connectivity index is 1.80. The summed E-state index contributed by atoms with van der Waals surface area (Å²) in [5.74, 6) is -6.04. The number of fused-ring (bicyclic) bond motifs is 5. The van der Waals surface area contributed by atoms with Crippen molar-refractivity contribution in [3.8, 4) is 0 Å². The minimum absolute atomic E-state index is 0.0657. The van der Waals surface area contributed by atoms with E-state index in [1.807, 2.05) is 0 Å². The lowest BCUT2D eigenvalue weighted by atomic mass is 9.42. The van der Waals surface area contributed by atoms with E-state index >= 15 is 0 Å². The Morgan fingerprint density at radius 1 is 1.07 bits per heavy atom. The number of carbonyl (C=O) groups excluding carboxylic acids is 3. The minimum Gasteiger partial charge on any atom is -0.461 e. The molecule has 41 heavy (non-hydrogen) atoms. The fraction of sp³-hybridized carbons (Fsp3) is 0.633. The molecule has 5 rings (SSSR count). The molecule has 0 aromatic heterocycles. The van der Waals surface area contributed by atoms with E-state index in [2.05, 4.69) is 0 Å². The Bertz CT molecular complexity index is 1290. The third-order valence-electron chi connectivity index (χ3n) is 10.3. The fourth-order valence-corrected chi connectivity index (χ4v) is 8.12. The summed E-state index contributed by atoms with van der Waals surface area (Å²) in [4.78, 5) is 41.1. The second kappa shape index (κ2) is 9.68. The van der Waals surface area contributed by atoms with Gasteiger partial charge >= 0.3 is 11.9 Å². The summed E-state index contributed by atoms with van der Waals surface area (Å²) in [5.41, 5.74) is -7.33. The van der Waals surface area contributed by atoms with Crippen LogP contribution in [0.4, 0.5) is 0 Å². The number of Topliss-reactive ketones (excluding diaryl/α,β-unsaturated/α-hetero) is 1. The van der Waals surface area contributed by atoms with Crippen LogP contribution in [0.5, 0.6) is 0 Å². The van der Waals surface area contributed by atoms with Crippen LogP contribution >= 0.6 is 0 Å². The average Bonchev–Trinajstić information content (AvgIpc) is 2.92. The number of benzene rings is 1. The van der Waals surface area contributed by atoms with Gasteiger partial charge in [0.15, 0.2) is 11.4 Å². The van der Waals surface area contributed by atoms with Gasteiger partial charge in [-0.1, -0.05) is 44.2 Å². The van der Waals surface area contributed by atoms with Gasteiger partial charge in [0.25, 0.3) is 0 Å². The highest BCUT2D eigenvalue weighted by molar-refractivity contribution is 5.94. The van der Waals surface area contributed by atoms with Crippen molar-refractivity contribution in [2.24, 2.45) is 22.7 Å². The monoisotopic (exact) mass is 574 g/mol. The fourth-order valence-electron chi connectivity index (χ4n) is 8.12. The molecule has 0 amide bonds. The standard InChI is InChI=1S/C30H38O11/c1-14-19-22(34)24(35)28(5)17(32)11-18-29(13-40-18,41-15(2)31)23(28)20(26(37)39-12-16-9-7-6-8-10-16)30(38,27(19,3)4)25(36)21(14)33/h6-10,17-18,20-23,25,32-34,36,38H,11-13H2,1-5H3/t17-,18+,20+,21+,22+,23-,25-,28+,29-,30-/m0/s1. The topological polar surface area (TPSA) is 180 Å². The summed E-state index contributed by atoms with van der Waals surface area (Å²) >= 11 is 0. The molecule has 3 aliphatic carbocycles. The Labute approximate surface area is 237 Å². The molecule has 0 unspecified atom stereocenters. The van der Waals surface area contributed by atoms with Crippen molar-refractivity contribution in [1.29, 1.82) is 0 Å². The van der Waals surface area contributed by atoms with Crippen molar-refractivity contribution < 1.29 is 54.1 Å². The van der Waals surface area contributed by atoms with Crippen LogP contribution in [0.3, 0.4) is 0 Å². The van der Waals surface area contributed by atoms with Crippen LogP contribution in [0.2, 0.25) is 0 Å². The predicted octanol–water partition coefficient (Wildman–Crippen LogP) is 0.187. The molecule has 2 saturated carbocycles. The first kappa shape index (κ1) is 29.8. The summed E-state index contributed by atoms with van der Waals surface area (Å²) in [6.07, 6.45) is -8.29. The highest BCUT2D eigenvalue weighted by Crippen LogP contribution is 2.65. The van der Waals surface area contributed by atoms with Crippen molar-refractivity contribution in [2.75, 3.05) is 6.61 Å². The summed E-state index contributed by atoms with van der Waals surface area (Å²) in [5, 5.41) is 58.5. The first-order valence-electron chi connectivity index (χ1n) is 13.8. The van der Waals surface area contributed by atoms with Crippen molar-refractivity contribution in [1.82, 2.24) is 0 Å². The number of hydrogen-bond acceptors (Lipinski definition) is 11. The summed E-state index contributed by atoms with van der Waals surface area (Å²) in [7, 11) is 0. The average molecular weight is 575 g/mol. The Kier molecular flexibility index (Phi) is 7.04. The van der Waals surface area contributed by atoms with Crippen molar-refractivity contribution in [2.45, 2.75) is 89.4 Å². The van der Waals surface area contributed by atoms with E-state index in [1.54, 1.807) is 30.3 Å². The lowest BCUT2D eigenvalue weighted by Crippen LogP contribution is -2.82. The maximum absolute atomic E-state index is 14.3. The number of aliphatic hydroxyl groups is 5. The molecule has 11 nitrogen and oxygen atoms in total. The molecule has 224 valence electrons. The number of rotatable bonds is 4. The van der Waals surface area contributed by atoms with Gasteiger partial charge in [-0.25, -0.2) is 0 Å². The van der Waals surface area contributed by atoms with E-state index < -0.39 is 82.1 Å². The van der Waals surface area contributed by atoms with Gasteiger partial charge in [-0.15, -0.1) is 0 Å². The van der Waals surface area contributed by atoms with Gasteiger partial charge in [0.05, 0.1) is 24.0 Å². The van der Waals surface area contributed by atoms with Gasteiger partial charge in [-0.3, -0.25) is 14.4 Å².